The highest BCUT2D eigenvalue weighted by Crippen LogP contribution is 2.42. The number of cyclic esters (lactones) is 1. The Morgan fingerprint density at radius 1 is 1.12 bits per heavy atom. The van der Waals surface area contributed by atoms with Crippen molar-refractivity contribution >= 4 is 18.1 Å². The number of aliphatic hydroxyl groups excluding tert-OH is 2. The van der Waals surface area contributed by atoms with Gasteiger partial charge in [-0.15, -0.1) is 0 Å². The van der Waals surface area contributed by atoms with E-state index in [9.17, 15) is 24.6 Å². The Kier molecular flexibility index (Phi) is 9.89. The zero-order valence-electron chi connectivity index (χ0n) is 25.8. The first-order valence-corrected chi connectivity index (χ1v) is 15.3. The third kappa shape index (κ3) is 6.92. The Labute approximate surface area is 249 Å². The van der Waals surface area contributed by atoms with E-state index in [1.54, 1.807) is 46.4 Å². The Balaban J connectivity index is 1.63. The van der Waals surface area contributed by atoms with Crippen LogP contribution in [-0.4, -0.2) is 80.3 Å². The average molecular weight is 589 g/mol. The standard InChI is InChI=1S/C32H48N2O8/c1-20-26(22-15-11-8-12-16-22)40-29(38)33(20)28(37)23(17-18-35)25(36)27-24(19-21-13-9-7-10-14-21)34(32(5,6)41-27)30(39)42-31(2,3)4/h8,11-12,15-16,20-21,23-27,35-36H,7,9-10,13-14,17-19H2,1-6H3/t20-,23-,24+,25-,26-,27-/m1/s1. The summed E-state index contributed by atoms with van der Waals surface area (Å²) in [7, 11) is 0. The van der Waals surface area contributed by atoms with Crippen molar-refractivity contribution in [3.05, 3.63) is 35.9 Å². The van der Waals surface area contributed by atoms with Gasteiger partial charge in [-0.2, -0.15) is 0 Å². The van der Waals surface area contributed by atoms with Crippen LogP contribution in [0.15, 0.2) is 30.3 Å². The lowest BCUT2D eigenvalue weighted by molar-refractivity contribution is -0.148. The lowest BCUT2D eigenvalue weighted by Gasteiger charge is -2.37. The monoisotopic (exact) mass is 588 g/mol. The summed E-state index contributed by atoms with van der Waals surface area (Å²) in [5, 5.41) is 21.8. The maximum atomic E-state index is 14.0. The van der Waals surface area contributed by atoms with Crippen molar-refractivity contribution in [3.8, 4) is 0 Å². The predicted molar refractivity (Wildman–Crippen MR) is 155 cm³/mol. The van der Waals surface area contributed by atoms with E-state index in [1.807, 2.05) is 30.3 Å². The molecule has 6 atom stereocenters. The highest BCUT2D eigenvalue weighted by molar-refractivity contribution is 5.95. The number of carbonyl (C=O) groups is 3. The molecule has 1 aromatic carbocycles. The molecule has 0 unspecified atom stereocenters. The maximum absolute atomic E-state index is 14.0. The van der Waals surface area contributed by atoms with Crippen molar-refractivity contribution in [1.29, 1.82) is 0 Å². The normalized spacial score (nSPS) is 28.0. The molecule has 2 saturated heterocycles. The number of rotatable bonds is 8. The molecule has 2 N–H and O–H groups in total. The number of benzene rings is 1. The van der Waals surface area contributed by atoms with Gasteiger partial charge in [0.2, 0.25) is 5.91 Å². The van der Waals surface area contributed by atoms with Crippen molar-refractivity contribution in [1.82, 2.24) is 9.80 Å². The van der Waals surface area contributed by atoms with Crippen molar-refractivity contribution in [3.63, 3.8) is 0 Å². The molecule has 234 valence electrons. The van der Waals surface area contributed by atoms with Gasteiger partial charge in [0.1, 0.15) is 23.5 Å². The number of hydrogen-bond acceptors (Lipinski definition) is 8. The largest absolute Gasteiger partial charge is 0.444 e. The van der Waals surface area contributed by atoms with E-state index < -0.39 is 65.7 Å². The second kappa shape index (κ2) is 12.9. The minimum absolute atomic E-state index is 0.0879. The smallest absolute Gasteiger partial charge is 0.417 e. The van der Waals surface area contributed by atoms with Crippen molar-refractivity contribution in [2.75, 3.05) is 6.61 Å². The molecular weight excluding hydrogens is 540 g/mol. The summed E-state index contributed by atoms with van der Waals surface area (Å²) in [6, 6.07) is 7.99. The zero-order valence-corrected chi connectivity index (χ0v) is 25.8. The lowest BCUT2D eigenvalue weighted by Crippen LogP contribution is -2.53. The van der Waals surface area contributed by atoms with E-state index in [0.717, 1.165) is 36.1 Å². The Morgan fingerprint density at radius 3 is 2.36 bits per heavy atom. The first-order valence-electron chi connectivity index (χ1n) is 15.3. The Hall–Kier alpha value is -2.69. The van der Waals surface area contributed by atoms with E-state index in [4.69, 9.17) is 14.2 Å². The minimum Gasteiger partial charge on any atom is -0.444 e. The number of imide groups is 1. The summed E-state index contributed by atoms with van der Waals surface area (Å²) in [4.78, 5) is 43.2. The van der Waals surface area contributed by atoms with E-state index in [-0.39, 0.29) is 13.0 Å². The van der Waals surface area contributed by atoms with Crippen LogP contribution < -0.4 is 0 Å². The van der Waals surface area contributed by atoms with Crippen LogP contribution in [0.25, 0.3) is 0 Å². The summed E-state index contributed by atoms with van der Waals surface area (Å²) in [5.74, 6) is -1.47. The molecular formula is C32H48N2O8. The van der Waals surface area contributed by atoms with Gasteiger partial charge < -0.3 is 24.4 Å². The molecule has 10 heteroatoms. The van der Waals surface area contributed by atoms with Gasteiger partial charge in [-0.05, 0) is 65.9 Å². The number of aliphatic hydroxyl groups is 2. The average Bonchev–Trinajstić information content (AvgIpc) is 3.37. The van der Waals surface area contributed by atoms with E-state index in [0.29, 0.717) is 12.3 Å². The second-order valence-corrected chi connectivity index (χ2v) is 13.5. The molecule has 3 amide bonds. The molecule has 3 fully saturated rings. The summed E-state index contributed by atoms with van der Waals surface area (Å²) < 4.78 is 17.8. The lowest BCUT2D eigenvalue weighted by atomic mass is 9.81. The Morgan fingerprint density at radius 2 is 1.76 bits per heavy atom. The quantitative estimate of drug-likeness (QED) is 0.426. The molecule has 0 radical (unpaired) electrons. The number of hydrogen-bond donors (Lipinski definition) is 2. The third-order valence-corrected chi connectivity index (χ3v) is 8.75. The number of amides is 3. The topological polar surface area (TPSA) is 126 Å². The van der Waals surface area contributed by atoms with Crippen LogP contribution >= 0.6 is 0 Å². The minimum atomic E-state index is -1.40. The van der Waals surface area contributed by atoms with Crippen LogP contribution in [-0.2, 0) is 19.0 Å². The van der Waals surface area contributed by atoms with Crippen LogP contribution in [0, 0.1) is 11.8 Å². The van der Waals surface area contributed by atoms with E-state index in [2.05, 4.69) is 0 Å². The molecule has 0 aromatic heterocycles. The van der Waals surface area contributed by atoms with Gasteiger partial charge in [-0.1, -0.05) is 62.4 Å². The van der Waals surface area contributed by atoms with Crippen LogP contribution in [0.2, 0.25) is 0 Å². The number of nitrogens with zero attached hydrogens (tertiary/aromatic N) is 2. The summed E-state index contributed by atoms with van der Waals surface area (Å²) >= 11 is 0. The van der Waals surface area contributed by atoms with Crippen LogP contribution in [0.4, 0.5) is 9.59 Å². The summed E-state index contributed by atoms with van der Waals surface area (Å²) in [5.41, 5.74) is -1.11. The summed E-state index contributed by atoms with van der Waals surface area (Å²) in [6.07, 6.45) is 1.57. The van der Waals surface area contributed by atoms with Gasteiger partial charge >= 0.3 is 12.2 Å². The van der Waals surface area contributed by atoms with Crippen LogP contribution in [0.3, 0.4) is 0 Å². The predicted octanol–water partition coefficient (Wildman–Crippen LogP) is 5.17. The van der Waals surface area contributed by atoms with Crippen molar-refractivity contribution in [2.45, 2.75) is 128 Å². The molecule has 42 heavy (non-hydrogen) atoms. The first kappa shape index (κ1) is 32.2. The zero-order chi connectivity index (χ0) is 30.8. The van der Waals surface area contributed by atoms with E-state index in [1.165, 1.54) is 6.42 Å². The fraction of sp³-hybridized carbons (Fsp3) is 0.719. The highest BCUT2D eigenvalue weighted by atomic mass is 16.6. The number of carbonyl (C=O) groups excluding carboxylic acids is 3. The fourth-order valence-electron chi connectivity index (χ4n) is 6.81. The summed E-state index contributed by atoms with van der Waals surface area (Å²) in [6.45, 7) is 10.3. The number of ether oxygens (including phenoxy) is 3. The molecule has 3 aliphatic rings. The molecule has 1 aromatic rings. The van der Waals surface area contributed by atoms with Crippen LogP contribution in [0.1, 0.15) is 98.2 Å². The van der Waals surface area contributed by atoms with Gasteiger partial charge in [0, 0.05) is 6.61 Å². The van der Waals surface area contributed by atoms with Gasteiger partial charge in [-0.25, -0.2) is 14.5 Å². The van der Waals surface area contributed by atoms with E-state index >= 15 is 0 Å². The maximum Gasteiger partial charge on any atom is 0.417 e. The molecule has 1 saturated carbocycles. The SMILES string of the molecule is C[C@@H]1[C@H](c2ccccc2)OC(=O)N1C(=O)[C@H](CCO)[C@@H](O)[C@@H]1OC(C)(C)N(C(=O)OC(C)(C)C)[C@H]1CC1CCCCC1. The molecule has 2 heterocycles. The van der Waals surface area contributed by atoms with Crippen molar-refractivity contribution < 1.29 is 38.8 Å². The third-order valence-electron chi connectivity index (χ3n) is 8.75. The first-order chi connectivity index (χ1) is 19.7. The molecule has 0 spiro atoms. The Bertz CT molecular complexity index is 1100. The molecule has 4 rings (SSSR count). The fourth-order valence-corrected chi connectivity index (χ4v) is 6.81. The molecule has 1 aliphatic carbocycles. The van der Waals surface area contributed by atoms with Gasteiger partial charge in [-0.3, -0.25) is 9.69 Å². The van der Waals surface area contributed by atoms with Gasteiger partial charge in [0.25, 0.3) is 0 Å². The van der Waals surface area contributed by atoms with Crippen LogP contribution in [0.5, 0.6) is 0 Å². The molecule has 2 aliphatic heterocycles. The molecule has 10 nitrogen and oxygen atoms in total. The van der Waals surface area contributed by atoms with Gasteiger partial charge in [0.15, 0.2) is 0 Å². The van der Waals surface area contributed by atoms with Gasteiger partial charge in [0.05, 0.1) is 24.1 Å². The molecule has 0 bridgehead atoms. The second-order valence-electron chi connectivity index (χ2n) is 13.5. The highest BCUT2D eigenvalue weighted by Gasteiger charge is 2.56. The van der Waals surface area contributed by atoms with Crippen molar-refractivity contribution in [2.24, 2.45) is 11.8 Å².